The number of hydrogen-bond donors (Lipinski definition) is 2. The molecule has 0 aliphatic rings. The van der Waals surface area contributed by atoms with E-state index >= 15 is 0 Å². The fourth-order valence-electron chi connectivity index (χ4n) is 3.36. The number of anilines is 1. The van der Waals surface area contributed by atoms with E-state index in [1.807, 2.05) is 18.2 Å². The average molecular weight is 540 g/mol. The third-order valence-electron chi connectivity index (χ3n) is 5.14. The molecule has 0 bridgehead atoms. The van der Waals surface area contributed by atoms with E-state index in [1.54, 1.807) is 18.2 Å². The molecule has 13 heteroatoms. The summed E-state index contributed by atoms with van der Waals surface area (Å²) in [5.74, 6) is -0.675. The van der Waals surface area contributed by atoms with Gasteiger partial charge >= 0.3 is 0 Å². The van der Waals surface area contributed by atoms with Crippen molar-refractivity contribution in [3.8, 4) is 11.3 Å². The molecule has 0 aliphatic heterocycles. The van der Waals surface area contributed by atoms with Gasteiger partial charge in [0.1, 0.15) is 5.82 Å². The van der Waals surface area contributed by atoms with Crippen molar-refractivity contribution in [2.45, 2.75) is 25.9 Å². The molecule has 2 aromatic carbocycles. The maximum atomic E-state index is 13.8. The Balaban J connectivity index is 1.73. The van der Waals surface area contributed by atoms with Crippen molar-refractivity contribution in [1.29, 1.82) is 0 Å². The Morgan fingerprint density at radius 3 is 2.62 bits per heavy atom. The highest BCUT2D eigenvalue weighted by Gasteiger charge is 2.25. The highest BCUT2D eigenvalue weighted by atomic mass is 35.5. The van der Waals surface area contributed by atoms with Crippen LogP contribution in [0.15, 0.2) is 59.1 Å². The number of carbonyl (C=O) groups excluding carboxylic acids is 2. The summed E-state index contributed by atoms with van der Waals surface area (Å²) in [7, 11) is 0. The smallest absolute Gasteiger partial charge is 0.250 e. The van der Waals surface area contributed by atoms with Crippen LogP contribution in [0.2, 0.25) is 5.02 Å². The highest BCUT2D eigenvalue weighted by molar-refractivity contribution is 6.31. The lowest BCUT2D eigenvalue weighted by Gasteiger charge is -2.32. The zero-order chi connectivity index (χ0) is 26.8. The molecule has 0 radical (unpaired) electrons. The minimum atomic E-state index is -2.62. The molecule has 0 saturated carbocycles. The van der Waals surface area contributed by atoms with Gasteiger partial charge in [-0.15, -0.1) is 0 Å². The van der Waals surface area contributed by atoms with Crippen LogP contribution < -0.4 is 15.8 Å². The molecule has 0 unspecified atom stereocenters. The summed E-state index contributed by atoms with van der Waals surface area (Å²) >= 11 is 5.99. The summed E-state index contributed by atoms with van der Waals surface area (Å²) in [6.45, 7) is 0.170. The number of halogens is 4. The third kappa shape index (κ3) is 8.02. The first-order valence-electron chi connectivity index (χ1n) is 11.1. The molecular weight excluding hydrogens is 515 g/mol. The lowest BCUT2D eigenvalue weighted by molar-refractivity contribution is -0.137. The Labute approximate surface area is 216 Å². The Hall–Kier alpha value is -3.45. The van der Waals surface area contributed by atoms with Gasteiger partial charge in [-0.25, -0.2) is 18.6 Å². The van der Waals surface area contributed by atoms with E-state index in [0.29, 0.717) is 17.7 Å². The summed E-state index contributed by atoms with van der Waals surface area (Å²) in [6, 6.07) is 13.9. The van der Waals surface area contributed by atoms with Gasteiger partial charge in [0.15, 0.2) is 5.76 Å². The summed E-state index contributed by atoms with van der Waals surface area (Å²) in [5.41, 5.74) is 3.93. The predicted molar refractivity (Wildman–Crippen MR) is 130 cm³/mol. The van der Waals surface area contributed by atoms with Crippen LogP contribution >= 0.6 is 11.6 Å². The van der Waals surface area contributed by atoms with Crippen LogP contribution in [0.4, 0.5) is 19.0 Å². The quantitative estimate of drug-likeness (QED) is 0.237. The Morgan fingerprint density at radius 1 is 1.19 bits per heavy atom. The third-order valence-corrected chi connectivity index (χ3v) is 5.56. The van der Waals surface area contributed by atoms with Crippen molar-refractivity contribution < 1.29 is 32.1 Å². The van der Waals surface area contributed by atoms with Gasteiger partial charge in [-0.3, -0.25) is 19.4 Å². The van der Waals surface area contributed by atoms with Gasteiger partial charge in [0.05, 0.1) is 24.2 Å². The second-order valence-corrected chi connectivity index (χ2v) is 8.16. The number of nitrogens with zero attached hydrogens (tertiary/aromatic N) is 3. The van der Waals surface area contributed by atoms with E-state index in [-0.39, 0.29) is 30.5 Å². The first-order valence-corrected chi connectivity index (χ1v) is 11.5. The van der Waals surface area contributed by atoms with Crippen LogP contribution in [0.5, 0.6) is 0 Å². The number of carbonyl (C=O) groups is 2. The Morgan fingerprint density at radius 2 is 1.95 bits per heavy atom. The molecule has 1 heterocycles. The summed E-state index contributed by atoms with van der Waals surface area (Å²) < 4.78 is 44.5. The van der Waals surface area contributed by atoms with Crippen LogP contribution in [0.1, 0.15) is 12.5 Å². The number of hydroxylamine groups is 1. The number of alkyl halides is 2. The van der Waals surface area contributed by atoms with E-state index in [4.69, 9.17) is 21.0 Å². The van der Waals surface area contributed by atoms with Gasteiger partial charge in [-0.05, 0) is 11.6 Å². The predicted octanol–water partition coefficient (Wildman–Crippen LogP) is 3.81. The summed E-state index contributed by atoms with van der Waals surface area (Å²) in [5, 5.41) is 8.22. The second kappa shape index (κ2) is 13.7. The molecule has 1 aromatic heterocycles. The summed E-state index contributed by atoms with van der Waals surface area (Å²) in [4.78, 5) is 29.7. The molecule has 0 aliphatic carbocycles. The summed E-state index contributed by atoms with van der Waals surface area (Å²) in [6.07, 6.45) is -2.27. The molecule has 9 nitrogen and oxygen atoms in total. The Bertz CT molecular complexity index is 1170. The number of aromatic nitrogens is 1. The minimum Gasteiger partial charge on any atom is -0.354 e. The van der Waals surface area contributed by atoms with Gasteiger partial charge < -0.3 is 9.84 Å². The van der Waals surface area contributed by atoms with Crippen LogP contribution in [0, 0.1) is 5.82 Å². The number of nitrogens with one attached hydrogen (secondary N) is 2. The lowest BCUT2D eigenvalue weighted by Crippen LogP contribution is -2.55. The number of amides is 2. The average Bonchev–Trinajstić information content (AvgIpc) is 3.37. The van der Waals surface area contributed by atoms with Gasteiger partial charge in [-0.2, -0.15) is 5.06 Å². The lowest BCUT2D eigenvalue weighted by atomic mass is 10.2. The largest absolute Gasteiger partial charge is 0.354 e. The van der Waals surface area contributed by atoms with E-state index in [1.165, 1.54) is 25.1 Å². The van der Waals surface area contributed by atoms with E-state index in [9.17, 15) is 22.8 Å². The fraction of sp³-hybridized carbons (Fsp3) is 0.292. The standard InChI is InChI=1S/C24H25ClF3N5O4/c1-16(35)33(30-11-18-8-5-9-20(26)24(18)25)19(12-29-13-22(27)28)14-36-32(15-34)23-10-21(37-31-23)17-6-3-2-4-7-17/h2-10,15,19,22,29-30H,11-14H2,1H3/t19-/m0/s1. The molecule has 0 fully saturated rings. The van der Waals surface area contributed by atoms with E-state index < -0.39 is 30.7 Å². The number of hydrogen-bond acceptors (Lipinski definition) is 7. The van der Waals surface area contributed by atoms with Crippen molar-refractivity contribution in [3.63, 3.8) is 0 Å². The number of hydrazine groups is 1. The first-order chi connectivity index (χ1) is 17.8. The van der Waals surface area contributed by atoms with Gasteiger partial charge in [0.25, 0.3) is 6.43 Å². The second-order valence-electron chi connectivity index (χ2n) is 7.78. The molecule has 2 amide bonds. The molecule has 0 spiro atoms. The highest BCUT2D eigenvalue weighted by Crippen LogP contribution is 2.24. The fourth-order valence-corrected chi connectivity index (χ4v) is 3.55. The monoisotopic (exact) mass is 539 g/mol. The zero-order valence-corrected chi connectivity index (χ0v) is 20.5. The topological polar surface area (TPSA) is 99.9 Å². The number of rotatable bonds is 14. The van der Waals surface area contributed by atoms with Crippen LogP contribution in [0.3, 0.4) is 0 Å². The molecule has 3 rings (SSSR count). The Kier molecular flexibility index (Phi) is 10.4. The maximum Gasteiger partial charge on any atom is 0.250 e. The molecule has 2 N–H and O–H groups in total. The zero-order valence-electron chi connectivity index (χ0n) is 19.7. The molecule has 1 atom stereocenters. The normalized spacial score (nSPS) is 11.9. The minimum absolute atomic E-state index is 0.0391. The van der Waals surface area contributed by atoms with Crippen molar-refractivity contribution in [2.24, 2.45) is 0 Å². The molecule has 3 aromatic rings. The number of benzene rings is 2. The van der Waals surface area contributed by atoms with Crippen molar-refractivity contribution in [1.82, 2.24) is 20.9 Å². The van der Waals surface area contributed by atoms with E-state index in [2.05, 4.69) is 15.9 Å². The SMILES string of the molecule is CC(=O)N(NCc1cccc(F)c1Cl)[C@@H](CNCC(F)F)CON(C=O)c1cc(-c2ccccc2)on1. The molecule has 198 valence electrons. The van der Waals surface area contributed by atoms with Crippen LogP contribution in [-0.4, -0.2) is 54.6 Å². The van der Waals surface area contributed by atoms with Gasteiger partial charge in [0, 0.05) is 31.6 Å². The van der Waals surface area contributed by atoms with Gasteiger partial charge in [0.2, 0.25) is 18.1 Å². The molecule has 37 heavy (non-hydrogen) atoms. The van der Waals surface area contributed by atoms with Crippen molar-refractivity contribution in [2.75, 3.05) is 24.8 Å². The van der Waals surface area contributed by atoms with E-state index in [0.717, 1.165) is 15.6 Å². The van der Waals surface area contributed by atoms with Crippen molar-refractivity contribution >= 4 is 29.7 Å². The first kappa shape index (κ1) is 28.1. The van der Waals surface area contributed by atoms with Gasteiger partial charge in [-0.1, -0.05) is 59.2 Å². The maximum absolute atomic E-state index is 13.8. The van der Waals surface area contributed by atoms with Crippen LogP contribution in [0.25, 0.3) is 11.3 Å². The molecular formula is C24H25ClF3N5O4. The molecule has 0 saturated heterocycles. The van der Waals surface area contributed by atoms with Crippen molar-refractivity contribution in [3.05, 3.63) is 71.0 Å². The van der Waals surface area contributed by atoms with Crippen LogP contribution in [-0.2, 0) is 21.0 Å².